The number of halogens is 1. The van der Waals surface area contributed by atoms with Crippen molar-refractivity contribution in [2.24, 2.45) is 11.8 Å². The lowest BCUT2D eigenvalue weighted by atomic mass is 9.77. The topological polar surface area (TPSA) is 124 Å². The average molecular weight is 547 g/mol. The number of nitrogens with zero attached hydrogens (tertiary/aromatic N) is 2. The quantitative estimate of drug-likeness (QED) is 0.210. The summed E-state index contributed by atoms with van der Waals surface area (Å²) in [6, 6.07) is 18.2. The molecule has 6 rings (SSSR count). The average Bonchev–Trinajstić information content (AvgIpc) is 3.44. The van der Waals surface area contributed by atoms with Crippen LogP contribution in [0.5, 0.6) is 0 Å². The van der Waals surface area contributed by atoms with Gasteiger partial charge in [0, 0.05) is 27.7 Å². The summed E-state index contributed by atoms with van der Waals surface area (Å²) < 4.78 is 6.97. The van der Waals surface area contributed by atoms with Crippen LogP contribution in [0.3, 0.4) is 0 Å². The van der Waals surface area contributed by atoms with Gasteiger partial charge < -0.3 is 4.74 Å². The molecule has 0 unspecified atom stereocenters. The molecule has 2 aliphatic heterocycles. The molecular formula is C26H15BrN2O7. The number of benzene rings is 3. The van der Waals surface area contributed by atoms with Gasteiger partial charge in [-0.05, 0) is 23.8 Å². The van der Waals surface area contributed by atoms with Crippen molar-refractivity contribution in [2.45, 2.75) is 11.7 Å². The summed E-state index contributed by atoms with van der Waals surface area (Å²) in [5.74, 6) is -5.43. The molecule has 3 atom stereocenters. The molecule has 1 aliphatic carbocycles. The van der Waals surface area contributed by atoms with Gasteiger partial charge in [0.1, 0.15) is 0 Å². The van der Waals surface area contributed by atoms with E-state index in [1.807, 2.05) is 0 Å². The summed E-state index contributed by atoms with van der Waals surface area (Å²) in [5.41, 5.74) is -1.73. The molecule has 0 bridgehead atoms. The fraction of sp³-hybridized carbons (Fsp3) is 0.154. The van der Waals surface area contributed by atoms with Crippen molar-refractivity contribution >= 4 is 50.7 Å². The minimum Gasteiger partial charge on any atom is -0.349 e. The van der Waals surface area contributed by atoms with E-state index in [4.69, 9.17) is 4.74 Å². The van der Waals surface area contributed by atoms with Crippen LogP contribution in [-0.4, -0.2) is 33.9 Å². The molecule has 0 radical (unpaired) electrons. The van der Waals surface area contributed by atoms with Gasteiger partial charge in [0.15, 0.2) is 0 Å². The summed E-state index contributed by atoms with van der Waals surface area (Å²) in [7, 11) is 0. The van der Waals surface area contributed by atoms with Gasteiger partial charge in [-0.3, -0.25) is 29.3 Å². The monoisotopic (exact) mass is 546 g/mol. The maximum atomic E-state index is 13.9. The number of hydrogen-bond donors (Lipinski definition) is 0. The third kappa shape index (κ3) is 2.85. The molecule has 0 aromatic heterocycles. The Kier molecular flexibility index (Phi) is 4.83. The number of ether oxygens (including phenoxy) is 1. The first-order valence-corrected chi connectivity index (χ1v) is 11.8. The van der Waals surface area contributed by atoms with Crippen molar-refractivity contribution in [2.75, 3.05) is 4.90 Å². The molecule has 10 heteroatoms. The maximum Gasteiger partial charge on any atom is 0.271 e. The summed E-state index contributed by atoms with van der Waals surface area (Å²) in [6.45, 7) is 0. The molecular weight excluding hydrogens is 532 g/mol. The van der Waals surface area contributed by atoms with Gasteiger partial charge in [-0.2, -0.15) is 0 Å². The summed E-state index contributed by atoms with van der Waals surface area (Å²) in [5, 5.41) is 11.3. The summed E-state index contributed by atoms with van der Waals surface area (Å²) in [4.78, 5) is 66.6. The van der Waals surface area contributed by atoms with Crippen molar-refractivity contribution in [3.8, 4) is 0 Å². The Morgan fingerprint density at radius 1 is 0.861 bits per heavy atom. The minimum absolute atomic E-state index is 0.00582. The van der Waals surface area contributed by atoms with Crippen LogP contribution < -0.4 is 4.90 Å². The number of imide groups is 1. The van der Waals surface area contributed by atoms with Crippen LogP contribution in [0.2, 0.25) is 0 Å². The zero-order chi connectivity index (χ0) is 25.4. The van der Waals surface area contributed by atoms with E-state index in [1.54, 1.807) is 36.4 Å². The Balaban J connectivity index is 1.54. The molecule has 2 heterocycles. The van der Waals surface area contributed by atoms with E-state index in [0.717, 1.165) is 15.4 Å². The first-order chi connectivity index (χ1) is 17.3. The van der Waals surface area contributed by atoms with Crippen LogP contribution in [0.1, 0.15) is 32.4 Å². The number of non-ortho nitro benzene ring substituents is 1. The standard InChI is InChI=1S/C26H15BrN2O7/c27-14-10-8-13(9-11-14)21-19-20(26(36-21)22(30)17-6-1-2-7-18(17)23(26)31)25(33)28(24(19)32)15-4-3-5-16(12-15)29(34)35/h1-12,19-21H/t19-,20-,21-/m0/s1. The number of rotatable bonds is 3. The van der Waals surface area contributed by atoms with E-state index < -0.39 is 51.8 Å². The van der Waals surface area contributed by atoms with Crippen molar-refractivity contribution in [1.29, 1.82) is 0 Å². The molecule has 3 aromatic carbocycles. The van der Waals surface area contributed by atoms with E-state index in [2.05, 4.69) is 15.9 Å². The fourth-order valence-electron chi connectivity index (χ4n) is 5.47. The Hall–Kier alpha value is -4.02. The lowest BCUT2D eigenvalue weighted by molar-refractivity contribution is -0.384. The highest BCUT2D eigenvalue weighted by molar-refractivity contribution is 9.10. The number of amides is 2. The number of carbonyl (C=O) groups excluding carboxylic acids is 4. The number of carbonyl (C=O) groups is 4. The molecule has 9 nitrogen and oxygen atoms in total. The molecule has 2 fully saturated rings. The van der Waals surface area contributed by atoms with Crippen molar-refractivity contribution in [1.82, 2.24) is 0 Å². The molecule has 0 N–H and O–H groups in total. The van der Waals surface area contributed by atoms with Gasteiger partial charge in [0.25, 0.3) is 5.69 Å². The van der Waals surface area contributed by atoms with Crippen molar-refractivity contribution in [3.05, 3.63) is 104 Å². The van der Waals surface area contributed by atoms with Crippen molar-refractivity contribution in [3.63, 3.8) is 0 Å². The van der Waals surface area contributed by atoms with Crippen molar-refractivity contribution < 1.29 is 28.8 Å². The molecule has 2 saturated heterocycles. The highest BCUT2D eigenvalue weighted by Crippen LogP contribution is 2.57. The molecule has 0 saturated carbocycles. The number of anilines is 1. The van der Waals surface area contributed by atoms with Gasteiger partial charge in [0.2, 0.25) is 29.0 Å². The highest BCUT2D eigenvalue weighted by Gasteiger charge is 2.74. The molecule has 2 amide bonds. The first kappa shape index (κ1) is 22.4. The zero-order valence-electron chi connectivity index (χ0n) is 18.3. The maximum absolute atomic E-state index is 13.9. The van der Waals surface area contributed by atoms with Crippen LogP contribution in [0.25, 0.3) is 0 Å². The zero-order valence-corrected chi connectivity index (χ0v) is 19.9. The van der Waals surface area contributed by atoms with E-state index in [-0.39, 0.29) is 22.5 Å². The van der Waals surface area contributed by atoms with Gasteiger partial charge in [0.05, 0.1) is 28.6 Å². The second-order valence-electron chi connectivity index (χ2n) is 8.82. The minimum atomic E-state index is -2.20. The predicted molar refractivity (Wildman–Crippen MR) is 128 cm³/mol. The summed E-state index contributed by atoms with van der Waals surface area (Å²) >= 11 is 3.36. The lowest BCUT2D eigenvalue weighted by Crippen LogP contribution is -2.51. The van der Waals surface area contributed by atoms with Gasteiger partial charge in [-0.1, -0.05) is 58.4 Å². The van der Waals surface area contributed by atoms with Crippen LogP contribution >= 0.6 is 15.9 Å². The molecule has 36 heavy (non-hydrogen) atoms. The third-order valence-corrected chi connectivity index (χ3v) is 7.55. The number of fused-ring (bicyclic) bond motifs is 3. The number of hydrogen-bond acceptors (Lipinski definition) is 7. The Morgan fingerprint density at radius 2 is 1.50 bits per heavy atom. The van der Waals surface area contributed by atoms with Crippen LogP contribution in [-0.2, 0) is 14.3 Å². The normalized spacial score (nSPS) is 23.9. The smallest absolute Gasteiger partial charge is 0.271 e. The Morgan fingerprint density at radius 3 is 2.11 bits per heavy atom. The molecule has 3 aromatic rings. The Labute approximate surface area is 211 Å². The van der Waals surface area contributed by atoms with E-state index >= 15 is 0 Å². The number of ketones is 2. The number of nitro groups is 1. The number of Topliss-reactive ketones (excluding diaryl/α,β-unsaturated/α-hetero) is 2. The molecule has 178 valence electrons. The molecule has 1 spiro atoms. The lowest BCUT2D eigenvalue weighted by Gasteiger charge is -2.27. The largest absolute Gasteiger partial charge is 0.349 e. The second-order valence-corrected chi connectivity index (χ2v) is 9.74. The fourth-order valence-corrected chi connectivity index (χ4v) is 5.74. The van der Waals surface area contributed by atoms with Gasteiger partial charge in [-0.15, -0.1) is 0 Å². The van der Waals surface area contributed by atoms with Crippen LogP contribution in [0.4, 0.5) is 11.4 Å². The SMILES string of the molecule is O=C1[C@H]2[C@@H](C(=O)N1c1cccc([N+](=O)[O-])c1)C1(O[C@H]2c2ccc(Br)cc2)C(=O)c2ccccc2C1=O. The van der Waals surface area contributed by atoms with E-state index in [9.17, 15) is 29.3 Å². The third-order valence-electron chi connectivity index (χ3n) is 7.02. The van der Waals surface area contributed by atoms with Gasteiger partial charge >= 0.3 is 0 Å². The van der Waals surface area contributed by atoms with Crippen LogP contribution in [0, 0.1) is 22.0 Å². The number of nitro benzene ring substituents is 1. The predicted octanol–water partition coefficient (Wildman–Crippen LogP) is 4.05. The second kappa shape index (κ2) is 7.74. The Bertz CT molecular complexity index is 1480. The molecule has 3 aliphatic rings. The van der Waals surface area contributed by atoms with Crippen LogP contribution in [0.15, 0.2) is 77.3 Å². The van der Waals surface area contributed by atoms with E-state index in [1.165, 1.54) is 30.3 Å². The van der Waals surface area contributed by atoms with Gasteiger partial charge in [-0.25, -0.2) is 4.90 Å². The highest BCUT2D eigenvalue weighted by atomic mass is 79.9. The van der Waals surface area contributed by atoms with E-state index in [0.29, 0.717) is 5.56 Å². The summed E-state index contributed by atoms with van der Waals surface area (Å²) in [6.07, 6.45) is -1.06. The first-order valence-electron chi connectivity index (χ1n) is 11.0.